The molecule has 1 aromatic carbocycles. The first-order valence-corrected chi connectivity index (χ1v) is 5.14. The Labute approximate surface area is 94.8 Å². The van der Waals surface area contributed by atoms with Gasteiger partial charge >= 0.3 is 6.09 Å². The summed E-state index contributed by atoms with van der Waals surface area (Å²) in [7, 11) is 3.35. The molecule has 1 atom stereocenters. The van der Waals surface area contributed by atoms with Gasteiger partial charge in [0.15, 0.2) is 5.60 Å². The second kappa shape index (κ2) is 3.70. The lowest BCUT2D eigenvalue weighted by Crippen LogP contribution is -2.27. The van der Waals surface area contributed by atoms with Crippen molar-refractivity contribution < 1.29 is 14.3 Å². The van der Waals surface area contributed by atoms with Gasteiger partial charge < -0.3 is 14.4 Å². The minimum Gasteiger partial charge on any atom is -0.497 e. The van der Waals surface area contributed by atoms with Gasteiger partial charge in [0.1, 0.15) is 5.75 Å². The maximum Gasteiger partial charge on any atom is 0.410 e. The van der Waals surface area contributed by atoms with Crippen molar-refractivity contribution in [2.75, 3.05) is 20.7 Å². The van der Waals surface area contributed by atoms with Gasteiger partial charge in [-0.05, 0) is 19.1 Å². The number of rotatable bonds is 2. The lowest BCUT2D eigenvalue weighted by molar-refractivity contribution is 0.0699. The second-order valence-electron chi connectivity index (χ2n) is 4.19. The predicted molar refractivity (Wildman–Crippen MR) is 59.5 cm³/mol. The molecule has 2 rings (SSSR count). The highest BCUT2D eigenvalue weighted by Crippen LogP contribution is 2.33. The van der Waals surface area contributed by atoms with E-state index in [2.05, 4.69) is 0 Å². The Balaban J connectivity index is 2.33. The van der Waals surface area contributed by atoms with Crippen molar-refractivity contribution in [1.82, 2.24) is 4.90 Å². The van der Waals surface area contributed by atoms with Crippen molar-refractivity contribution >= 4 is 6.09 Å². The molecule has 1 amide bonds. The quantitative estimate of drug-likeness (QED) is 0.766. The Morgan fingerprint density at radius 2 is 2.25 bits per heavy atom. The molecule has 86 valence electrons. The number of cyclic esters (lactones) is 1. The average molecular weight is 221 g/mol. The van der Waals surface area contributed by atoms with Crippen LogP contribution in [0.4, 0.5) is 4.79 Å². The third-order valence-corrected chi connectivity index (χ3v) is 2.84. The maximum absolute atomic E-state index is 11.4. The molecule has 1 fully saturated rings. The third-order valence-electron chi connectivity index (χ3n) is 2.84. The van der Waals surface area contributed by atoms with Crippen molar-refractivity contribution in [3.63, 3.8) is 0 Å². The van der Waals surface area contributed by atoms with Crippen LogP contribution in [0.5, 0.6) is 5.75 Å². The van der Waals surface area contributed by atoms with Crippen molar-refractivity contribution in [3.05, 3.63) is 29.8 Å². The largest absolute Gasteiger partial charge is 0.497 e. The molecule has 4 heteroatoms. The average Bonchev–Trinajstić information content (AvgIpc) is 2.54. The topological polar surface area (TPSA) is 38.8 Å². The molecule has 0 aromatic heterocycles. The first-order valence-electron chi connectivity index (χ1n) is 5.14. The Morgan fingerprint density at radius 1 is 1.50 bits per heavy atom. The lowest BCUT2D eigenvalue weighted by atomic mass is 9.96. The molecule has 1 aliphatic rings. The Morgan fingerprint density at radius 3 is 2.81 bits per heavy atom. The Hall–Kier alpha value is -1.71. The van der Waals surface area contributed by atoms with Crippen LogP contribution in [0.1, 0.15) is 12.5 Å². The summed E-state index contributed by atoms with van der Waals surface area (Å²) in [6.45, 7) is 2.46. The minimum absolute atomic E-state index is 0.287. The third kappa shape index (κ3) is 1.71. The summed E-state index contributed by atoms with van der Waals surface area (Å²) >= 11 is 0. The van der Waals surface area contributed by atoms with E-state index in [1.165, 1.54) is 0 Å². The molecule has 16 heavy (non-hydrogen) atoms. The molecule has 0 aliphatic carbocycles. The molecule has 1 aliphatic heterocycles. The van der Waals surface area contributed by atoms with E-state index in [1.807, 2.05) is 31.2 Å². The van der Waals surface area contributed by atoms with Crippen molar-refractivity contribution in [1.29, 1.82) is 0 Å². The number of carbonyl (C=O) groups excluding carboxylic acids is 1. The number of likely N-dealkylation sites (N-methyl/N-ethyl adjacent to an activating group) is 1. The fourth-order valence-corrected chi connectivity index (χ4v) is 1.92. The highest BCUT2D eigenvalue weighted by atomic mass is 16.6. The van der Waals surface area contributed by atoms with Gasteiger partial charge in [0.2, 0.25) is 0 Å². The summed E-state index contributed by atoms with van der Waals surface area (Å²) < 4.78 is 10.5. The van der Waals surface area contributed by atoms with Crippen LogP contribution < -0.4 is 4.74 Å². The van der Waals surface area contributed by atoms with Gasteiger partial charge in [-0.15, -0.1) is 0 Å². The molecule has 0 saturated carbocycles. The van der Waals surface area contributed by atoms with E-state index in [-0.39, 0.29) is 6.09 Å². The summed E-state index contributed by atoms with van der Waals surface area (Å²) in [5, 5.41) is 0. The molecule has 1 aromatic rings. The molecule has 0 radical (unpaired) electrons. The van der Waals surface area contributed by atoms with E-state index in [1.54, 1.807) is 19.1 Å². The first-order chi connectivity index (χ1) is 7.55. The molecule has 4 nitrogen and oxygen atoms in total. The van der Waals surface area contributed by atoms with E-state index in [0.29, 0.717) is 6.54 Å². The zero-order chi connectivity index (χ0) is 11.8. The smallest absolute Gasteiger partial charge is 0.410 e. The zero-order valence-electron chi connectivity index (χ0n) is 9.69. The van der Waals surface area contributed by atoms with E-state index in [0.717, 1.165) is 11.3 Å². The van der Waals surface area contributed by atoms with E-state index >= 15 is 0 Å². The van der Waals surface area contributed by atoms with Gasteiger partial charge in [-0.2, -0.15) is 0 Å². The number of methoxy groups -OCH3 is 1. The number of ether oxygens (including phenoxy) is 2. The van der Waals surface area contributed by atoms with Crippen LogP contribution in [0.2, 0.25) is 0 Å². The number of carbonyl (C=O) groups is 1. The van der Waals surface area contributed by atoms with Crippen LogP contribution in [-0.2, 0) is 10.3 Å². The highest BCUT2D eigenvalue weighted by Gasteiger charge is 2.41. The first kappa shape index (κ1) is 10.8. The summed E-state index contributed by atoms with van der Waals surface area (Å²) in [4.78, 5) is 13.0. The summed E-state index contributed by atoms with van der Waals surface area (Å²) in [5.74, 6) is 0.768. The van der Waals surface area contributed by atoms with Crippen LogP contribution in [0.3, 0.4) is 0 Å². The summed E-state index contributed by atoms with van der Waals surface area (Å²) in [6, 6.07) is 7.60. The summed E-state index contributed by atoms with van der Waals surface area (Å²) in [6.07, 6.45) is -0.287. The van der Waals surface area contributed by atoms with Crippen LogP contribution in [0.25, 0.3) is 0 Å². The van der Waals surface area contributed by atoms with Crippen LogP contribution >= 0.6 is 0 Å². The molecular formula is C12H15NO3. The fraction of sp³-hybridized carbons (Fsp3) is 0.417. The van der Waals surface area contributed by atoms with Crippen LogP contribution in [0, 0.1) is 0 Å². The van der Waals surface area contributed by atoms with Gasteiger partial charge in [0, 0.05) is 12.6 Å². The number of hydrogen-bond donors (Lipinski definition) is 0. The van der Waals surface area contributed by atoms with Gasteiger partial charge in [-0.25, -0.2) is 4.79 Å². The van der Waals surface area contributed by atoms with Crippen LogP contribution in [-0.4, -0.2) is 31.7 Å². The maximum atomic E-state index is 11.4. The molecule has 0 N–H and O–H groups in total. The molecule has 1 heterocycles. The van der Waals surface area contributed by atoms with Gasteiger partial charge in [-0.1, -0.05) is 12.1 Å². The van der Waals surface area contributed by atoms with Crippen molar-refractivity contribution in [3.8, 4) is 5.75 Å². The normalized spacial score (nSPS) is 24.4. The summed E-state index contributed by atoms with van der Waals surface area (Å²) in [5.41, 5.74) is 0.366. The number of hydrogen-bond acceptors (Lipinski definition) is 3. The highest BCUT2D eigenvalue weighted by molar-refractivity contribution is 5.70. The molecular weight excluding hydrogens is 206 g/mol. The van der Waals surface area contributed by atoms with Gasteiger partial charge in [-0.3, -0.25) is 0 Å². The van der Waals surface area contributed by atoms with Crippen LogP contribution in [0.15, 0.2) is 24.3 Å². The Bertz CT molecular complexity index is 418. The number of benzene rings is 1. The molecule has 0 bridgehead atoms. The number of amides is 1. The SMILES string of the molecule is COc1cccc(C2(C)CN(C)C(=O)O2)c1. The fourth-order valence-electron chi connectivity index (χ4n) is 1.92. The minimum atomic E-state index is -0.583. The van der Waals surface area contributed by atoms with E-state index in [9.17, 15) is 4.79 Å². The van der Waals surface area contributed by atoms with E-state index in [4.69, 9.17) is 9.47 Å². The number of nitrogens with zero attached hydrogens (tertiary/aromatic N) is 1. The molecule has 1 saturated heterocycles. The van der Waals surface area contributed by atoms with Crippen molar-refractivity contribution in [2.24, 2.45) is 0 Å². The lowest BCUT2D eigenvalue weighted by Gasteiger charge is -2.22. The monoisotopic (exact) mass is 221 g/mol. The Kier molecular flexibility index (Phi) is 2.50. The standard InChI is InChI=1S/C12H15NO3/c1-12(8-13(2)11(14)16-12)9-5-4-6-10(7-9)15-3/h4-7H,8H2,1-3H3. The molecule has 1 unspecified atom stereocenters. The molecule has 0 spiro atoms. The second-order valence-corrected chi connectivity index (χ2v) is 4.19. The van der Waals surface area contributed by atoms with Gasteiger partial charge in [0.25, 0.3) is 0 Å². The van der Waals surface area contributed by atoms with Crippen molar-refractivity contribution in [2.45, 2.75) is 12.5 Å². The zero-order valence-corrected chi connectivity index (χ0v) is 9.69. The van der Waals surface area contributed by atoms with E-state index < -0.39 is 5.60 Å². The van der Waals surface area contributed by atoms with Gasteiger partial charge in [0.05, 0.1) is 13.7 Å². The predicted octanol–water partition coefficient (Wildman–Crippen LogP) is 1.99.